The number of rotatable bonds is 12. The highest BCUT2D eigenvalue weighted by Gasteiger charge is 2.32. The van der Waals surface area contributed by atoms with Gasteiger partial charge in [0, 0.05) is 22.2 Å². The van der Waals surface area contributed by atoms with Crippen LogP contribution in [0, 0.1) is 9.39 Å². The number of carbonyl (C=O) groups excluding carboxylic acids is 2. The van der Waals surface area contributed by atoms with E-state index in [1.807, 2.05) is 6.92 Å². The summed E-state index contributed by atoms with van der Waals surface area (Å²) >= 11 is 2.11. The number of nitrogens with zero attached hydrogens (tertiary/aromatic N) is 2. The Morgan fingerprint density at radius 3 is 2.24 bits per heavy atom. The third-order valence-electron chi connectivity index (χ3n) is 6.02. The van der Waals surface area contributed by atoms with Gasteiger partial charge in [-0.15, -0.1) is 0 Å². The minimum absolute atomic E-state index is 0.0253. The Kier molecular flexibility index (Phi) is 10.7. The predicted molar refractivity (Wildman–Crippen MR) is 154 cm³/mol. The molecule has 0 bridgehead atoms. The van der Waals surface area contributed by atoms with Crippen LogP contribution in [0.1, 0.15) is 32.3 Å². The molecule has 0 aliphatic rings. The molecule has 3 rings (SSSR count). The molecular formula is C28H31FIN3O4S. The number of nitrogens with one attached hydrogen (secondary N) is 1. The Morgan fingerprint density at radius 1 is 0.974 bits per heavy atom. The van der Waals surface area contributed by atoms with E-state index in [9.17, 15) is 22.4 Å². The number of anilines is 1. The number of unbranched alkanes of at least 4 members (excludes halogenated alkanes) is 1. The lowest BCUT2D eigenvalue weighted by atomic mass is 10.1. The molecule has 3 aromatic rings. The van der Waals surface area contributed by atoms with Gasteiger partial charge in [0.25, 0.3) is 10.0 Å². The number of sulfonamides is 1. The van der Waals surface area contributed by atoms with E-state index >= 15 is 0 Å². The van der Waals surface area contributed by atoms with Crippen molar-refractivity contribution in [3.8, 4) is 0 Å². The average molecular weight is 652 g/mol. The molecule has 38 heavy (non-hydrogen) atoms. The van der Waals surface area contributed by atoms with Crippen LogP contribution in [0.25, 0.3) is 0 Å². The van der Waals surface area contributed by atoms with E-state index in [1.54, 1.807) is 55.5 Å². The maximum Gasteiger partial charge on any atom is 0.264 e. The lowest BCUT2D eigenvalue weighted by Gasteiger charge is -2.32. The minimum atomic E-state index is -4.13. The zero-order valence-electron chi connectivity index (χ0n) is 21.3. The van der Waals surface area contributed by atoms with Crippen LogP contribution in [0.3, 0.4) is 0 Å². The second-order valence-corrected chi connectivity index (χ2v) is 11.8. The summed E-state index contributed by atoms with van der Waals surface area (Å²) in [6.07, 6.45) is 1.66. The van der Waals surface area contributed by atoms with E-state index in [0.717, 1.165) is 20.7 Å². The molecule has 0 saturated carbocycles. The summed E-state index contributed by atoms with van der Waals surface area (Å²) in [5.74, 6) is -1.55. The molecule has 1 atom stereocenters. The average Bonchev–Trinajstić information content (AvgIpc) is 2.92. The van der Waals surface area contributed by atoms with Gasteiger partial charge in [-0.05, 0) is 78.4 Å². The fraction of sp³-hybridized carbons (Fsp3) is 0.286. The van der Waals surface area contributed by atoms with E-state index in [-0.39, 0.29) is 17.0 Å². The highest BCUT2D eigenvalue weighted by Crippen LogP contribution is 2.25. The van der Waals surface area contributed by atoms with Crippen LogP contribution in [0.2, 0.25) is 0 Å². The largest absolute Gasteiger partial charge is 0.354 e. The molecule has 7 nitrogen and oxygen atoms in total. The Hall–Kier alpha value is -2.99. The van der Waals surface area contributed by atoms with Crippen LogP contribution in [0.15, 0.2) is 83.8 Å². The lowest BCUT2D eigenvalue weighted by Crippen LogP contribution is -2.51. The summed E-state index contributed by atoms with van der Waals surface area (Å²) in [6.45, 7) is 3.23. The molecule has 2 amide bonds. The maximum atomic E-state index is 14.6. The molecule has 0 spiro atoms. The van der Waals surface area contributed by atoms with E-state index in [0.29, 0.717) is 12.2 Å². The third-order valence-corrected chi connectivity index (χ3v) is 8.53. The van der Waals surface area contributed by atoms with E-state index in [4.69, 9.17) is 0 Å². The zero-order chi connectivity index (χ0) is 27.7. The standard InChI is InChI=1S/C28H31FIN3O4S/c1-3-4-18-31-28(35)21(2)32(19-22-10-8-9-13-26(22)29)27(34)20-33(24-16-14-23(30)15-17-24)38(36,37)25-11-6-5-7-12-25/h5-17,21H,3-4,18-20H2,1-2H3,(H,31,35)/t21-/m1/s1. The topological polar surface area (TPSA) is 86.8 Å². The number of amides is 2. The van der Waals surface area contributed by atoms with Crippen LogP contribution in [0.5, 0.6) is 0 Å². The van der Waals surface area contributed by atoms with Crippen molar-refractivity contribution in [3.05, 3.63) is 93.8 Å². The van der Waals surface area contributed by atoms with Gasteiger partial charge in [-0.25, -0.2) is 12.8 Å². The summed E-state index contributed by atoms with van der Waals surface area (Å²) in [5, 5.41) is 2.81. The van der Waals surface area contributed by atoms with Crippen molar-refractivity contribution in [2.24, 2.45) is 0 Å². The normalized spacial score (nSPS) is 12.0. The number of carbonyl (C=O) groups is 2. The first-order chi connectivity index (χ1) is 18.1. The molecule has 0 saturated heterocycles. The number of hydrogen-bond donors (Lipinski definition) is 1. The van der Waals surface area contributed by atoms with Crippen molar-refractivity contribution in [1.82, 2.24) is 10.2 Å². The summed E-state index contributed by atoms with van der Waals surface area (Å²) in [5.41, 5.74) is 0.523. The molecule has 0 aromatic heterocycles. The van der Waals surface area contributed by atoms with Gasteiger partial charge in [-0.1, -0.05) is 49.7 Å². The second-order valence-electron chi connectivity index (χ2n) is 8.73. The van der Waals surface area contributed by atoms with Gasteiger partial charge in [0.1, 0.15) is 18.4 Å². The summed E-state index contributed by atoms with van der Waals surface area (Å²) in [4.78, 5) is 27.9. The third kappa shape index (κ3) is 7.53. The van der Waals surface area contributed by atoms with E-state index in [2.05, 4.69) is 27.9 Å². The highest BCUT2D eigenvalue weighted by atomic mass is 127. The SMILES string of the molecule is CCCCNC(=O)[C@@H](C)N(Cc1ccccc1F)C(=O)CN(c1ccc(I)cc1)S(=O)(=O)c1ccccc1. The van der Waals surface area contributed by atoms with Gasteiger partial charge in [0.15, 0.2) is 0 Å². The quantitative estimate of drug-likeness (QED) is 0.222. The lowest BCUT2D eigenvalue weighted by molar-refractivity contribution is -0.139. The van der Waals surface area contributed by atoms with E-state index < -0.39 is 40.2 Å². The fourth-order valence-electron chi connectivity index (χ4n) is 3.78. The van der Waals surface area contributed by atoms with Crippen molar-refractivity contribution >= 4 is 50.1 Å². The molecule has 0 fully saturated rings. The molecule has 0 aliphatic carbocycles. The summed E-state index contributed by atoms with van der Waals surface area (Å²) in [6, 6.07) is 19.6. The number of benzene rings is 3. The first kappa shape index (κ1) is 29.6. The first-order valence-corrected chi connectivity index (χ1v) is 14.8. The van der Waals surface area contributed by atoms with Gasteiger partial charge in [0.05, 0.1) is 10.6 Å². The van der Waals surface area contributed by atoms with Gasteiger partial charge in [-0.2, -0.15) is 0 Å². The van der Waals surface area contributed by atoms with Crippen LogP contribution in [-0.2, 0) is 26.2 Å². The van der Waals surface area contributed by atoms with Gasteiger partial charge >= 0.3 is 0 Å². The van der Waals surface area contributed by atoms with Crippen LogP contribution >= 0.6 is 22.6 Å². The Bertz CT molecular complexity index is 1340. The van der Waals surface area contributed by atoms with Crippen molar-refractivity contribution in [2.45, 2.75) is 44.2 Å². The monoisotopic (exact) mass is 651 g/mol. The van der Waals surface area contributed by atoms with Gasteiger partial charge in [-0.3, -0.25) is 13.9 Å². The minimum Gasteiger partial charge on any atom is -0.354 e. The molecule has 10 heteroatoms. The number of halogens is 2. The van der Waals surface area contributed by atoms with Crippen LogP contribution in [0.4, 0.5) is 10.1 Å². The molecule has 0 aliphatic heterocycles. The predicted octanol–water partition coefficient (Wildman–Crippen LogP) is 4.96. The summed E-state index contributed by atoms with van der Waals surface area (Å²) < 4.78 is 43.8. The maximum absolute atomic E-state index is 14.6. The van der Waals surface area contributed by atoms with Crippen LogP contribution < -0.4 is 9.62 Å². The molecular weight excluding hydrogens is 620 g/mol. The molecule has 0 heterocycles. The Morgan fingerprint density at radius 2 is 1.61 bits per heavy atom. The molecule has 0 unspecified atom stereocenters. The van der Waals surface area contributed by atoms with Crippen molar-refractivity contribution in [2.75, 3.05) is 17.4 Å². The molecule has 0 radical (unpaired) electrons. The van der Waals surface area contributed by atoms with Crippen molar-refractivity contribution in [3.63, 3.8) is 0 Å². The van der Waals surface area contributed by atoms with Gasteiger partial charge in [0.2, 0.25) is 11.8 Å². The van der Waals surface area contributed by atoms with Crippen molar-refractivity contribution < 1.29 is 22.4 Å². The van der Waals surface area contributed by atoms with E-state index in [1.165, 1.54) is 35.2 Å². The summed E-state index contributed by atoms with van der Waals surface area (Å²) in [7, 11) is -4.13. The highest BCUT2D eigenvalue weighted by molar-refractivity contribution is 14.1. The Balaban J connectivity index is 1.99. The second kappa shape index (κ2) is 13.7. The molecule has 3 aromatic carbocycles. The fourth-order valence-corrected chi connectivity index (χ4v) is 5.58. The zero-order valence-corrected chi connectivity index (χ0v) is 24.3. The van der Waals surface area contributed by atoms with Gasteiger partial charge < -0.3 is 10.2 Å². The molecule has 202 valence electrons. The van der Waals surface area contributed by atoms with Crippen molar-refractivity contribution in [1.29, 1.82) is 0 Å². The number of hydrogen-bond acceptors (Lipinski definition) is 4. The Labute approximate surface area is 237 Å². The first-order valence-electron chi connectivity index (χ1n) is 12.3. The van der Waals surface area contributed by atoms with Crippen LogP contribution in [-0.4, -0.2) is 44.3 Å². The molecule has 1 N–H and O–H groups in total. The smallest absolute Gasteiger partial charge is 0.264 e.